The summed E-state index contributed by atoms with van der Waals surface area (Å²) in [5.41, 5.74) is 1.74. The van der Waals surface area contributed by atoms with Crippen molar-refractivity contribution in [3.05, 3.63) is 18.2 Å². The van der Waals surface area contributed by atoms with Gasteiger partial charge in [0.05, 0.1) is 12.0 Å². The summed E-state index contributed by atoms with van der Waals surface area (Å²) >= 11 is 0. The average molecular weight is 249 g/mol. The highest BCUT2D eigenvalue weighted by Crippen LogP contribution is 2.44. The summed E-state index contributed by atoms with van der Waals surface area (Å²) < 4.78 is 2.42. The molecule has 102 valence electrons. The van der Waals surface area contributed by atoms with E-state index in [1.54, 1.807) is 0 Å². The fraction of sp³-hybridized carbons (Fsp3) is 0.800. The van der Waals surface area contributed by atoms with E-state index in [1.165, 1.54) is 37.8 Å². The molecule has 1 aliphatic rings. The van der Waals surface area contributed by atoms with Gasteiger partial charge in [0.25, 0.3) is 0 Å². The molecule has 1 aliphatic carbocycles. The number of nitrogens with one attached hydrogen (secondary N) is 1. The Morgan fingerprint density at radius 1 is 1.44 bits per heavy atom. The van der Waals surface area contributed by atoms with Gasteiger partial charge in [-0.15, -0.1) is 0 Å². The summed E-state index contributed by atoms with van der Waals surface area (Å²) in [6.07, 6.45) is 10.6. The van der Waals surface area contributed by atoms with Crippen LogP contribution in [0.5, 0.6) is 0 Å². The fourth-order valence-corrected chi connectivity index (χ4v) is 3.13. The molecule has 1 heterocycles. The number of aromatic nitrogens is 2. The Morgan fingerprint density at radius 3 is 3.00 bits per heavy atom. The lowest BCUT2D eigenvalue weighted by molar-refractivity contribution is 0.141. The second-order valence-corrected chi connectivity index (χ2v) is 6.22. The van der Waals surface area contributed by atoms with Gasteiger partial charge in [0.2, 0.25) is 0 Å². The average Bonchev–Trinajstić information content (AvgIpc) is 2.77. The van der Waals surface area contributed by atoms with Crippen LogP contribution in [0.3, 0.4) is 0 Å². The first kappa shape index (κ1) is 13.6. The monoisotopic (exact) mass is 249 g/mol. The van der Waals surface area contributed by atoms with Crippen LogP contribution in [-0.2, 0) is 6.54 Å². The van der Waals surface area contributed by atoms with Gasteiger partial charge in [0.1, 0.15) is 0 Å². The van der Waals surface area contributed by atoms with Crippen LogP contribution in [-0.4, -0.2) is 16.1 Å². The minimum atomic E-state index is 0.401. The van der Waals surface area contributed by atoms with Gasteiger partial charge in [-0.25, -0.2) is 4.98 Å². The zero-order valence-corrected chi connectivity index (χ0v) is 12.1. The van der Waals surface area contributed by atoms with E-state index in [1.807, 2.05) is 12.5 Å². The highest BCUT2D eigenvalue weighted by Gasteiger charge is 2.34. The number of imidazole rings is 1. The van der Waals surface area contributed by atoms with Crippen LogP contribution < -0.4 is 5.32 Å². The van der Waals surface area contributed by atoms with E-state index in [9.17, 15) is 0 Å². The van der Waals surface area contributed by atoms with Crippen LogP contribution in [0.15, 0.2) is 12.5 Å². The van der Waals surface area contributed by atoms with Crippen molar-refractivity contribution in [2.24, 2.45) is 5.41 Å². The van der Waals surface area contributed by atoms with Gasteiger partial charge in [-0.3, -0.25) is 0 Å². The van der Waals surface area contributed by atoms with E-state index in [2.05, 4.69) is 35.6 Å². The van der Waals surface area contributed by atoms with Crippen molar-refractivity contribution >= 4 is 0 Å². The van der Waals surface area contributed by atoms with Gasteiger partial charge >= 0.3 is 0 Å². The molecular formula is C15H27N3. The standard InChI is InChI=1S/C15H27N3/c1-4-9-16-10-13-11-17-12-18(13)14-7-5-6-8-15(14,2)3/h11-12,14,16H,4-10H2,1-3H3. The first-order valence-electron chi connectivity index (χ1n) is 7.36. The van der Waals surface area contributed by atoms with Crippen LogP contribution in [0, 0.1) is 5.41 Å². The van der Waals surface area contributed by atoms with Crippen molar-refractivity contribution in [2.75, 3.05) is 6.54 Å². The molecule has 2 rings (SSSR count). The first-order valence-corrected chi connectivity index (χ1v) is 7.36. The molecule has 1 fully saturated rings. The fourth-order valence-electron chi connectivity index (χ4n) is 3.13. The Hall–Kier alpha value is -0.830. The van der Waals surface area contributed by atoms with Gasteiger partial charge in [-0.1, -0.05) is 33.6 Å². The van der Waals surface area contributed by atoms with E-state index in [0.29, 0.717) is 11.5 Å². The molecule has 0 radical (unpaired) electrons. The summed E-state index contributed by atoms with van der Waals surface area (Å²) in [5, 5.41) is 3.48. The molecule has 3 heteroatoms. The molecule has 1 aromatic heterocycles. The quantitative estimate of drug-likeness (QED) is 0.809. The van der Waals surface area contributed by atoms with E-state index in [0.717, 1.165) is 13.1 Å². The Labute approximate surface area is 111 Å². The van der Waals surface area contributed by atoms with E-state index in [4.69, 9.17) is 0 Å². The molecule has 0 bridgehead atoms. The normalized spacial score (nSPS) is 23.2. The molecule has 0 aliphatic heterocycles. The summed E-state index contributed by atoms with van der Waals surface area (Å²) in [4.78, 5) is 4.36. The largest absolute Gasteiger partial charge is 0.330 e. The second kappa shape index (κ2) is 5.87. The van der Waals surface area contributed by atoms with Crippen molar-refractivity contribution in [3.63, 3.8) is 0 Å². The van der Waals surface area contributed by atoms with Crippen molar-refractivity contribution in [2.45, 2.75) is 65.5 Å². The van der Waals surface area contributed by atoms with Gasteiger partial charge in [-0.05, 0) is 31.2 Å². The number of rotatable bonds is 5. The van der Waals surface area contributed by atoms with Crippen molar-refractivity contribution in [3.8, 4) is 0 Å². The molecule has 18 heavy (non-hydrogen) atoms. The maximum absolute atomic E-state index is 4.36. The topological polar surface area (TPSA) is 29.9 Å². The van der Waals surface area contributed by atoms with Gasteiger partial charge in [0.15, 0.2) is 0 Å². The third-order valence-electron chi connectivity index (χ3n) is 4.27. The highest BCUT2D eigenvalue weighted by molar-refractivity contribution is 5.03. The van der Waals surface area contributed by atoms with E-state index >= 15 is 0 Å². The molecule has 0 saturated heterocycles. The Kier molecular flexibility index (Phi) is 4.44. The van der Waals surface area contributed by atoms with Crippen LogP contribution in [0.2, 0.25) is 0 Å². The first-order chi connectivity index (χ1) is 8.65. The summed E-state index contributed by atoms with van der Waals surface area (Å²) in [6.45, 7) is 9.04. The zero-order valence-electron chi connectivity index (χ0n) is 12.1. The van der Waals surface area contributed by atoms with Crippen LogP contribution in [0.1, 0.15) is 64.6 Å². The van der Waals surface area contributed by atoms with E-state index in [-0.39, 0.29) is 0 Å². The molecule has 1 aromatic rings. The lowest BCUT2D eigenvalue weighted by atomic mass is 9.73. The van der Waals surface area contributed by atoms with E-state index < -0.39 is 0 Å². The van der Waals surface area contributed by atoms with Crippen LogP contribution in [0.4, 0.5) is 0 Å². The minimum absolute atomic E-state index is 0.401. The molecule has 0 amide bonds. The van der Waals surface area contributed by atoms with Crippen LogP contribution in [0.25, 0.3) is 0 Å². The third-order valence-corrected chi connectivity index (χ3v) is 4.27. The minimum Gasteiger partial charge on any atom is -0.330 e. The van der Waals surface area contributed by atoms with Crippen molar-refractivity contribution in [1.29, 1.82) is 0 Å². The summed E-state index contributed by atoms with van der Waals surface area (Å²) in [7, 11) is 0. The number of nitrogens with zero attached hydrogens (tertiary/aromatic N) is 2. The molecule has 3 nitrogen and oxygen atoms in total. The molecule has 1 atom stereocenters. The SMILES string of the molecule is CCCNCc1cncn1C1CCCCC1(C)C. The number of hydrogen-bond donors (Lipinski definition) is 1. The molecule has 0 aromatic carbocycles. The Bertz CT molecular complexity index is 368. The maximum atomic E-state index is 4.36. The molecule has 1 saturated carbocycles. The molecule has 1 unspecified atom stereocenters. The van der Waals surface area contributed by atoms with Crippen molar-refractivity contribution < 1.29 is 0 Å². The summed E-state index contributed by atoms with van der Waals surface area (Å²) in [6, 6.07) is 0.618. The Balaban J connectivity index is 2.09. The van der Waals surface area contributed by atoms with Gasteiger partial charge < -0.3 is 9.88 Å². The molecule has 1 N–H and O–H groups in total. The lowest BCUT2D eigenvalue weighted by Gasteiger charge is -2.40. The predicted octanol–water partition coefficient (Wildman–Crippen LogP) is 3.52. The van der Waals surface area contributed by atoms with Gasteiger partial charge in [0, 0.05) is 18.8 Å². The predicted molar refractivity (Wildman–Crippen MR) is 75.5 cm³/mol. The molecular weight excluding hydrogens is 222 g/mol. The second-order valence-electron chi connectivity index (χ2n) is 6.22. The van der Waals surface area contributed by atoms with Crippen LogP contribution >= 0.6 is 0 Å². The zero-order chi connectivity index (χ0) is 13.0. The maximum Gasteiger partial charge on any atom is 0.0951 e. The molecule has 0 spiro atoms. The number of hydrogen-bond acceptors (Lipinski definition) is 2. The van der Waals surface area contributed by atoms with Gasteiger partial charge in [-0.2, -0.15) is 0 Å². The Morgan fingerprint density at radius 2 is 2.28 bits per heavy atom. The third kappa shape index (κ3) is 2.94. The lowest BCUT2D eigenvalue weighted by Crippen LogP contribution is -2.32. The highest BCUT2D eigenvalue weighted by atomic mass is 15.1. The summed E-state index contributed by atoms with van der Waals surface area (Å²) in [5.74, 6) is 0. The smallest absolute Gasteiger partial charge is 0.0951 e. The van der Waals surface area contributed by atoms with Crippen molar-refractivity contribution in [1.82, 2.24) is 14.9 Å².